The van der Waals surface area contributed by atoms with Crippen molar-refractivity contribution >= 4 is 17.2 Å². The molecule has 0 aliphatic carbocycles. The van der Waals surface area contributed by atoms with Crippen LogP contribution in [0, 0.1) is 5.41 Å². The van der Waals surface area contributed by atoms with Gasteiger partial charge < -0.3 is 10.2 Å². The fourth-order valence-electron chi connectivity index (χ4n) is 0.911. The Morgan fingerprint density at radius 1 is 1.62 bits per heavy atom. The quantitative estimate of drug-likeness (QED) is 0.562. The molecule has 2 aromatic heterocycles. The molecule has 0 amide bonds. The molecule has 0 saturated heterocycles. The van der Waals surface area contributed by atoms with Crippen molar-refractivity contribution in [2.24, 2.45) is 5.73 Å². The van der Waals surface area contributed by atoms with Gasteiger partial charge in [-0.25, -0.2) is 4.98 Å². The van der Waals surface area contributed by atoms with Crippen LogP contribution in [0.2, 0.25) is 0 Å². The van der Waals surface area contributed by atoms with E-state index in [0.717, 1.165) is 5.01 Å². The zero-order valence-corrected chi connectivity index (χ0v) is 7.47. The summed E-state index contributed by atoms with van der Waals surface area (Å²) in [6.07, 6.45) is 1.59. The number of thiazole rings is 1. The van der Waals surface area contributed by atoms with E-state index in [0.29, 0.717) is 11.5 Å². The lowest BCUT2D eigenvalue weighted by molar-refractivity contribution is 0.582. The average Bonchev–Trinajstić information content (AvgIpc) is 2.75. The van der Waals surface area contributed by atoms with Gasteiger partial charge in [-0.3, -0.25) is 5.41 Å². The number of nitrogens with one attached hydrogen (secondary N) is 1. The number of furan rings is 1. The van der Waals surface area contributed by atoms with Crippen LogP contribution in [0.3, 0.4) is 0 Å². The molecule has 0 saturated carbocycles. The summed E-state index contributed by atoms with van der Waals surface area (Å²) in [7, 11) is 0. The third-order valence-electron chi connectivity index (χ3n) is 1.51. The lowest BCUT2D eigenvalue weighted by Crippen LogP contribution is -2.11. The van der Waals surface area contributed by atoms with Gasteiger partial charge in [-0.15, -0.1) is 11.3 Å². The Morgan fingerprint density at radius 2 is 2.46 bits per heavy atom. The second kappa shape index (κ2) is 3.02. The second-order valence-corrected chi connectivity index (χ2v) is 3.29. The first kappa shape index (κ1) is 8.00. The molecule has 0 aromatic carbocycles. The van der Waals surface area contributed by atoms with Crippen molar-refractivity contribution < 1.29 is 4.42 Å². The van der Waals surface area contributed by atoms with Crippen LogP contribution in [0.15, 0.2) is 28.2 Å². The van der Waals surface area contributed by atoms with Crippen molar-refractivity contribution in [2.45, 2.75) is 0 Å². The van der Waals surface area contributed by atoms with Gasteiger partial charge in [0.15, 0.2) is 10.8 Å². The Labute approximate surface area is 78.5 Å². The van der Waals surface area contributed by atoms with Crippen LogP contribution in [0.25, 0.3) is 10.8 Å². The fraction of sp³-hybridized carbons (Fsp3) is 0. The van der Waals surface area contributed by atoms with Crippen molar-refractivity contribution in [1.82, 2.24) is 4.98 Å². The minimum absolute atomic E-state index is 0.0194. The molecule has 0 unspecified atom stereocenters. The van der Waals surface area contributed by atoms with E-state index < -0.39 is 0 Å². The van der Waals surface area contributed by atoms with Crippen molar-refractivity contribution in [2.75, 3.05) is 0 Å². The van der Waals surface area contributed by atoms with E-state index in [1.54, 1.807) is 17.7 Å². The number of amidine groups is 1. The topological polar surface area (TPSA) is 75.9 Å². The number of aromatic nitrogens is 1. The normalized spacial score (nSPS) is 10.2. The van der Waals surface area contributed by atoms with Gasteiger partial charge in [0, 0.05) is 5.38 Å². The van der Waals surface area contributed by atoms with Gasteiger partial charge in [-0.1, -0.05) is 0 Å². The van der Waals surface area contributed by atoms with Crippen LogP contribution in [-0.4, -0.2) is 10.8 Å². The molecule has 2 aromatic rings. The van der Waals surface area contributed by atoms with E-state index in [4.69, 9.17) is 15.6 Å². The monoisotopic (exact) mass is 193 g/mol. The van der Waals surface area contributed by atoms with Crippen LogP contribution in [0.4, 0.5) is 0 Å². The summed E-state index contributed by atoms with van der Waals surface area (Å²) in [6.45, 7) is 0. The fourth-order valence-corrected chi connectivity index (χ4v) is 1.70. The molecule has 2 heterocycles. The summed E-state index contributed by atoms with van der Waals surface area (Å²) in [6, 6.07) is 3.62. The van der Waals surface area contributed by atoms with Crippen molar-refractivity contribution in [1.29, 1.82) is 5.41 Å². The molecule has 0 aliphatic rings. The number of nitrogen functional groups attached to an aromatic ring is 1. The van der Waals surface area contributed by atoms with E-state index in [2.05, 4.69) is 4.98 Å². The van der Waals surface area contributed by atoms with E-state index >= 15 is 0 Å². The highest BCUT2D eigenvalue weighted by molar-refractivity contribution is 7.13. The zero-order valence-electron chi connectivity index (χ0n) is 6.65. The largest absolute Gasteiger partial charge is 0.462 e. The zero-order chi connectivity index (χ0) is 9.26. The summed E-state index contributed by atoms with van der Waals surface area (Å²) >= 11 is 1.41. The summed E-state index contributed by atoms with van der Waals surface area (Å²) < 4.78 is 5.15. The van der Waals surface area contributed by atoms with Crippen molar-refractivity contribution in [3.63, 3.8) is 0 Å². The summed E-state index contributed by atoms with van der Waals surface area (Å²) in [5.74, 6) is 0.687. The van der Waals surface area contributed by atoms with Crippen LogP contribution in [0.1, 0.15) is 5.69 Å². The van der Waals surface area contributed by atoms with Gasteiger partial charge in [0.2, 0.25) is 0 Å². The van der Waals surface area contributed by atoms with Crippen LogP contribution in [-0.2, 0) is 0 Å². The smallest absolute Gasteiger partial charge is 0.162 e. The highest BCUT2D eigenvalue weighted by Gasteiger charge is 2.07. The maximum absolute atomic E-state index is 7.17. The number of rotatable bonds is 2. The molecule has 66 valence electrons. The van der Waals surface area contributed by atoms with E-state index in [1.165, 1.54) is 11.3 Å². The Balaban J connectivity index is 2.39. The van der Waals surface area contributed by atoms with Gasteiger partial charge in [-0.05, 0) is 12.1 Å². The van der Waals surface area contributed by atoms with Gasteiger partial charge in [0.1, 0.15) is 11.5 Å². The molecular weight excluding hydrogens is 186 g/mol. The van der Waals surface area contributed by atoms with E-state index in [-0.39, 0.29) is 5.84 Å². The highest BCUT2D eigenvalue weighted by atomic mass is 32.1. The Hall–Kier alpha value is -1.62. The first-order valence-corrected chi connectivity index (χ1v) is 4.49. The summed E-state index contributed by atoms with van der Waals surface area (Å²) in [5, 5.41) is 9.65. The maximum Gasteiger partial charge on any atom is 0.162 e. The Kier molecular flexibility index (Phi) is 1.86. The molecule has 2 rings (SSSR count). The molecule has 0 fully saturated rings. The van der Waals surface area contributed by atoms with Crippen LogP contribution >= 0.6 is 11.3 Å². The van der Waals surface area contributed by atoms with Gasteiger partial charge in [-0.2, -0.15) is 0 Å². The molecule has 13 heavy (non-hydrogen) atoms. The lowest BCUT2D eigenvalue weighted by Gasteiger charge is -1.88. The molecule has 0 aliphatic heterocycles. The Morgan fingerprint density at radius 3 is 3.00 bits per heavy atom. The SMILES string of the molecule is N=C(N)c1csc(-c2ccco2)n1. The maximum atomic E-state index is 7.17. The minimum atomic E-state index is -0.0194. The third-order valence-corrected chi connectivity index (χ3v) is 2.37. The number of nitrogens with zero attached hydrogens (tertiary/aromatic N) is 1. The number of hydrogen-bond acceptors (Lipinski definition) is 4. The molecule has 0 radical (unpaired) electrons. The number of nitrogens with two attached hydrogens (primary N) is 1. The Bertz CT molecular complexity index is 418. The van der Waals surface area contributed by atoms with Gasteiger partial charge >= 0.3 is 0 Å². The lowest BCUT2D eigenvalue weighted by atomic mass is 10.4. The molecule has 4 nitrogen and oxygen atoms in total. The standard InChI is InChI=1S/C8H7N3OS/c9-7(10)5-4-13-8(11-5)6-2-1-3-12-6/h1-4H,(H3,9,10). The minimum Gasteiger partial charge on any atom is -0.462 e. The number of hydrogen-bond donors (Lipinski definition) is 2. The van der Waals surface area contributed by atoms with E-state index in [9.17, 15) is 0 Å². The van der Waals surface area contributed by atoms with Crippen molar-refractivity contribution in [3.8, 4) is 10.8 Å². The molecule has 0 atom stereocenters. The molecule has 3 N–H and O–H groups in total. The molecule has 0 bridgehead atoms. The first-order chi connectivity index (χ1) is 6.27. The predicted molar refractivity (Wildman–Crippen MR) is 50.8 cm³/mol. The van der Waals surface area contributed by atoms with Crippen LogP contribution in [0.5, 0.6) is 0 Å². The predicted octanol–water partition coefficient (Wildman–Crippen LogP) is 1.69. The first-order valence-electron chi connectivity index (χ1n) is 3.61. The average molecular weight is 193 g/mol. The third kappa shape index (κ3) is 1.46. The summed E-state index contributed by atoms with van der Waals surface area (Å²) in [5.41, 5.74) is 5.77. The van der Waals surface area contributed by atoms with E-state index in [1.807, 2.05) is 6.07 Å². The molecular formula is C8H7N3OS. The van der Waals surface area contributed by atoms with Gasteiger partial charge in [0.05, 0.1) is 6.26 Å². The second-order valence-electron chi connectivity index (χ2n) is 2.43. The van der Waals surface area contributed by atoms with Crippen LogP contribution < -0.4 is 5.73 Å². The van der Waals surface area contributed by atoms with Crippen molar-refractivity contribution in [3.05, 3.63) is 29.5 Å². The summed E-state index contributed by atoms with van der Waals surface area (Å²) in [4.78, 5) is 4.13. The molecule has 5 heteroatoms. The highest BCUT2D eigenvalue weighted by Crippen LogP contribution is 2.23. The molecule has 0 spiro atoms. The van der Waals surface area contributed by atoms with Gasteiger partial charge in [0.25, 0.3) is 0 Å².